The number of amides is 2. The molecule has 3 atom stereocenters. The number of nitrogens with zero attached hydrogens (tertiary/aromatic N) is 1. The van der Waals surface area contributed by atoms with Crippen LogP contribution in [0.1, 0.15) is 22.5 Å². The molecule has 2 fully saturated rings. The van der Waals surface area contributed by atoms with E-state index in [9.17, 15) is 22.8 Å². The Morgan fingerprint density at radius 3 is 2.52 bits per heavy atom. The lowest BCUT2D eigenvalue weighted by Gasteiger charge is -2.30. The zero-order valence-corrected chi connectivity index (χ0v) is 16.3. The third-order valence-corrected chi connectivity index (χ3v) is 6.45. The van der Waals surface area contributed by atoms with E-state index in [0.29, 0.717) is 10.8 Å². The van der Waals surface area contributed by atoms with Gasteiger partial charge >= 0.3 is 12.1 Å². The van der Waals surface area contributed by atoms with Gasteiger partial charge in [-0.25, -0.2) is 0 Å². The Labute approximate surface area is 169 Å². The quantitative estimate of drug-likeness (QED) is 0.788. The molecule has 1 aromatic heterocycles. The van der Waals surface area contributed by atoms with Crippen molar-refractivity contribution in [1.82, 2.24) is 10.2 Å². The maximum Gasteiger partial charge on any atom is 0.471 e. The second-order valence-electron chi connectivity index (χ2n) is 7.51. The van der Waals surface area contributed by atoms with Gasteiger partial charge in [0.1, 0.15) is 0 Å². The largest absolute Gasteiger partial charge is 0.471 e. The van der Waals surface area contributed by atoms with Gasteiger partial charge in [0.2, 0.25) is 0 Å². The molecule has 3 heterocycles. The highest BCUT2D eigenvalue weighted by molar-refractivity contribution is 7.17. The van der Waals surface area contributed by atoms with Crippen molar-refractivity contribution in [1.29, 1.82) is 0 Å². The smallest absolute Gasteiger partial charge is 0.347 e. The first-order valence-electron chi connectivity index (χ1n) is 9.39. The first-order chi connectivity index (χ1) is 13.8. The van der Waals surface area contributed by atoms with E-state index in [1.54, 1.807) is 18.2 Å². The predicted octanol–water partition coefficient (Wildman–Crippen LogP) is 3.74. The molecule has 0 aliphatic carbocycles. The molecule has 2 N–H and O–H groups in total. The molecule has 0 saturated carbocycles. The van der Waals surface area contributed by atoms with Crippen LogP contribution in [0.4, 0.5) is 18.9 Å². The van der Waals surface area contributed by atoms with Crippen LogP contribution in [-0.2, 0) is 4.79 Å². The Kier molecular flexibility index (Phi) is 5.35. The molecular weight excluding hydrogens is 403 g/mol. The summed E-state index contributed by atoms with van der Waals surface area (Å²) in [7, 11) is 0. The monoisotopic (exact) mass is 423 g/mol. The van der Waals surface area contributed by atoms with Gasteiger partial charge in [-0.05, 0) is 55.1 Å². The first kappa shape index (κ1) is 19.9. The Hall–Kier alpha value is -2.39. The highest BCUT2D eigenvalue weighted by Gasteiger charge is 2.38. The second kappa shape index (κ2) is 7.79. The van der Waals surface area contributed by atoms with Crippen LogP contribution in [0.3, 0.4) is 0 Å². The van der Waals surface area contributed by atoms with Crippen LogP contribution in [0, 0.1) is 5.92 Å². The Morgan fingerprint density at radius 2 is 1.83 bits per heavy atom. The summed E-state index contributed by atoms with van der Waals surface area (Å²) in [6, 6.07) is 9.79. The van der Waals surface area contributed by atoms with Crippen molar-refractivity contribution in [3.8, 4) is 10.4 Å². The number of rotatable bonds is 4. The molecular formula is C20H20F3N3O2S. The van der Waals surface area contributed by atoms with Gasteiger partial charge in [0.25, 0.3) is 5.91 Å². The molecule has 1 aromatic carbocycles. The van der Waals surface area contributed by atoms with E-state index < -0.39 is 12.1 Å². The number of hydrogen-bond acceptors (Lipinski definition) is 4. The summed E-state index contributed by atoms with van der Waals surface area (Å²) >= 11 is 1.33. The van der Waals surface area contributed by atoms with Crippen molar-refractivity contribution in [2.45, 2.75) is 25.1 Å². The van der Waals surface area contributed by atoms with Gasteiger partial charge in [0, 0.05) is 29.7 Å². The van der Waals surface area contributed by atoms with E-state index in [0.717, 1.165) is 36.5 Å². The molecule has 5 nitrogen and oxygen atoms in total. The average molecular weight is 423 g/mol. The summed E-state index contributed by atoms with van der Waals surface area (Å²) in [5.74, 6) is -1.43. The maximum atomic E-state index is 12.6. The fraction of sp³-hybridized carbons (Fsp3) is 0.400. The summed E-state index contributed by atoms with van der Waals surface area (Å²) in [5.41, 5.74) is 0.827. The van der Waals surface area contributed by atoms with Crippen LogP contribution in [0.15, 0.2) is 36.4 Å². The predicted molar refractivity (Wildman–Crippen MR) is 105 cm³/mol. The molecule has 154 valence electrons. The van der Waals surface area contributed by atoms with E-state index in [1.807, 2.05) is 11.4 Å². The lowest BCUT2D eigenvalue weighted by atomic mass is 9.97. The zero-order valence-electron chi connectivity index (χ0n) is 15.5. The minimum absolute atomic E-state index is 0.0625. The number of fused-ring (bicyclic) bond motifs is 2. The van der Waals surface area contributed by atoms with E-state index in [-0.39, 0.29) is 17.6 Å². The minimum Gasteiger partial charge on any atom is -0.347 e. The van der Waals surface area contributed by atoms with Gasteiger partial charge in [-0.15, -0.1) is 11.3 Å². The molecule has 4 rings (SSSR count). The molecule has 2 aliphatic heterocycles. The topological polar surface area (TPSA) is 61.4 Å². The summed E-state index contributed by atoms with van der Waals surface area (Å²) in [6.45, 7) is 3.14. The van der Waals surface area contributed by atoms with E-state index >= 15 is 0 Å². The number of nitrogens with one attached hydrogen (secondary N) is 2. The lowest BCUT2D eigenvalue weighted by Crippen LogP contribution is -2.46. The normalized spacial score (nSPS) is 23.6. The number of anilines is 1. The number of benzene rings is 1. The van der Waals surface area contributed by atoms with Gasteiger partial charge in [0.05, 0.1) is 4.88 Å². The highest BCUT2D eigenvalue weighted by atomic mass is 32.1. The average Bonchev–Trinajstić information content (AvgIpc) is 3.28. The Balaban J connectivity index is 1.38. The second-order valence-corrected chi connectivity index (χ2v) is 8.60. The number of hydrogen-bond donors (Lipinski definition) is 2. The van der Waals surface area contributed by atoms with Crippen LogP contribution in [0.2, 0.25) is 0 Å². The third kappa shape index (κ3) is 4.62. The van der Waals surface area contributed by atoms with Crippen LogP contribution < -0.4 is 10.6 Å². The number of piperidine rings is 1. The number of halogens is 3. The van der Waals surface area contributed by atoms with Gasteiger partial charge in [-0.1, -0.05) is 12.1 Å². The summed E-state index contributed by atoms with van der Waals surface area (Å²) < 4.78 is 37.0. The summed E-state index contributed by atoms with van der Waals surface area (Å²) in [6.07, 6.45) is -2.70. The van der Waals surface area contributed by atoms with Crippen LogP contribution in [0.5, 0.6) is 0 Å². The molecule has 2 unspecified atom stereocenters. The fourth-order valence-corrected chi connectivity index (χ4v) is 4.87. The Bertz CT molecular complexity index is 898. The Morgan fingerprint density at radius 1 is 1.07 bits per heavy atom. The molecule has 0 spiro atoms. The fourth-order valence-electron chi connectivity index (χ4n) is 3.96. The van der Waals surface area contributed by atoms with Crippen molar-refractivity contribution in [3.05, 3.63) is 41.3 Å². The number of thiophene rings is 1. The van der Waals surface area contributed by atoms with E-state index in [4.69, 9.17) is 0 Å². The SMILES string of the molecule is O=C(N[C@@H]1CC2CCN(C2)C1)c1ccc(-c2ccc(NC(=O)C(F)(F)F)cc2)s1. The van der Waals surface area contributed by atoms with Crippen LogP contribution in [-0.4, -0.2) is 48.6 Å². The zero-order chi connectivity index (χ0) is 20.6. The molecule has 2 saturated heterocycles. The molecule has 2 aliphatic rings. The first-order valence-corrected chi connectivity index (χ1v) is 10.2. The van der Waals surface area contributed by atoms with Gasteiger partial charge in [-0.3, -0.25) is 9.59 Å². The minimum atomic E-state index is -4.93. The lowest BCUT2D eigenvalue weighted by molar-refractivity contribution is -0.167. The van der Waals surface area contributed by atoms with Gasteiger partial charge < -0.3 is 15.5 Å². The van der Waals surface area contributed by atoms with Crippen molar-refractivity contribution in [2.75, 3.05) is 25.0 Å². The van der Waals surface area contributed by atoms with Gasteiger partial charge in [-0.2, -0.15) is 13.2 Å². The number of carbonyl (C=O) groups excluding carboxylic acids is 2. The highest BCUT2D eigenvalue weighted by Crippen LogP contribution is 2.30. The van der Waals surface area contributed by atoms with Crippen molar-refractivity contribution >= 4 is 28.8 Å². The van der Waals surface area contributed by atoms with Crippen molar-refractivity contribution in [2.24, 2.45) is 5.92 Å². The summed E-state index contributed by atoms with van der Waals surface area (Å²) in [4.78, 5) is 27.4. The van der Waals surface area contributed by atoms with Gasteiger partial charge in [0.15, 0.2) is 0 Å². The molecule has 2 bridgehead atoms. The van der Waals surface area contributed by atoms with Crippen LogP contribution >= 0.6 is 11.3 Å². The molecule has 2 amide bonds. The van der Waals surface area contributed by atoms with E-state index in [2.05, 4.69) is 10.2 Å². The van der Waals surface area contributed by atoms with Crippen molar-refractivity contribution in [3.63, 3.8) is 0 Å². The molecule has 29 heavy (non-hydrogen) atoms. The number of carbonyl (C=O) groups is 2. The number of alkyl halides is 3. The molecule has 0 radical (unpaired) electrons. The maximum absolute atomic E-state index is 12.6. The van der Waals surface area contributed by atoms with Crippen LogP contribution in [0.25, 0.3) is 10.4 Å². The van der Waals surface area contributed by atoms with Crippen molar-refractivity contribution < 1.29 is 22.8 Å². The standard InChI is InChI=1S/C20H20F3N3O2S/c21-20(22,23)19(28)25-14-3-1-13(2-4-14)16-5-6-17(29-16)18(27)24-15-9-12-7-8-26(10-12)11-15/h1-6,12,15H,7-11H2,(H,24,27)(H,25,28)/t12?,15-/m1/s1. The molecule has 2 aromatic rings. The van der Waals surface area contributed by atoms with E-state index in [1.165, 1.54) is 29.9 Å². The molecule has 9 heteroatoms. The third-order valence-electron chi connectivity index (χ3n) is 5.32. The summed E-state index contributed by atoms with van der Waals surface area (Å²) in [5, 5.41) is 4.93.